The van der Waals surface area contributed by atoms with E-state index in [2.05, 4.69) is 16.6 Å². The van der Waals surface area contributed by atoms with Crippen LogP contribution in [-0.4, -0.2) is 85.1 Å². The summed E-state index contributed by atoms with van der Waals surface area (Å²) in [7, 11) is -1.19. The molecule has 3 heterocycles. The van der Waals surface area contributed by atoms with E-state index in [0.717, 1.165) is 6.42 Å². The Hall–Kier alpha value is -4.27. The second-order valence-electron chi connectivity index (χ2n) is 17.9. The van der Waals surface area contributed by atoms with Gasteiger partial charge in [0.1, 0.15) is 17.5 Å². The zero-order valence-corrected chi connectivity index (χ0v) is 35.0. The molecule has 2 aliphatic carbocycles. The number of carbonyl (C=O) groups excluding carboxylic acids is 4. The summed E-state index contributed by atoms with van der Waals surface area (Å²) in [6.45, 7) is 10.8. The number of pyridine rings is 1. The maximum Gasteiger partial charge on any atom is 0.307 e. The lowest BCUT2D eigenvalue weighted by atomic mass is 9.82. The predicted octanol–water partition coefficient (Wildman–Crippen LogP) is 6.06. The summed E-state index contributed by atoms with van der Waals surface area (Å²) in [5.41, 5.74) is -2.11. The van der Waals surface area contributed by atoms with Crippen molar-refractivity contribution in [2.24, 2.45) is 29.1 Å². The molecule has 2 aromatic rings. The van der Waals surface area contributed by atoms with E-state index in [1.807, 2.05) is 19.1 Å². The van der Waals surface area contributed by atoms with Gasteiger partial charge in [0.25, 0.3) is 0 Å². The van der Waals surface area contributed by atoms with Gasteiger partial charge in [-0.15, -0.1) is 0 Å². The highest BCUT2D eigenvalue weighted by atomic mass is 32.2. The van der Waals surface area contributed by atoms with Crippen molar-refractivity contribution in [3.63, 3.8) is 0 Å². The van der Waals surface area contributed by atoms with Crippen molar-refractivity contribution < 1.29 is 50.9 Å². The van der Waals surface area contributed by atoms with Crippen LogP contribution in [0, 0.1) is 34.9 Å². The number of amides is 2. The lowest BCUT2D eigenvalue weighted by molar-refractivity contribution is -0.160. The van der Waals surface area contributed by atoms with Crippen LogP contribution >= 0.6 is 0 Å². The standard InChI is InChI=1S/C42H56FN3O10S/c1-24-11-9-10-12-26-20-42(26,39(50)45-57(51,52)41(6)13-14-41)21-33(47)32-16-27(23-46(32)38(49)28(25(2)15-24)19-36(48)56-40(3,4)5)55-37-30-17-31(43)34(53-7)18-29(30)35(54-8)22-44-37/h10,12,17-18,22,24-28,32H,9,11,13-16,19-21,23H2,1-8H3,(H,45,50)/b12-10-/t24-,25-,26-,27-,28+,32+,42-/m1/s1. The quantitative estimate of drug-likeness (QED) is 0.231. The van der Waals surface area contributed by atoms with E-state index in [1.54, 1.807) is 27.7 Å². The minimum absolute atomic E-state index is 0.00870. The van der Waals surface area contributed by atoms with Gasteiger partial charge in [0.2, 0.25) is 27.7 Å². The molecule has 1 aromatic heterocycles. The molecule has 312 valence electrons. The summed E-state index contributed by atoms with van der Waals surface area (Å²) in [5, 5.41) is 0.755. The number of fused-ring (bicyclic) bond motifs is 3. The van der Waals surface area contributed by atoms with Gasteiger partial charge in [0.05, 0.1) is 60.9 Å². The Morgan fingerprint density at radius 3 is 2.40 bits per heavy atom. The molecule has 2 amide bonds. The topological polar surface area (TPSA) is 167 Å². The molecule has 2 aliphatic heterocycles. The van der Waals surface area contributed by atoms with E-state index in [1.165, 1.54) is 37.4 Å². The van der Waals surface area contributed by atoms with Crippen LogP contribution in [0.4, 0.5) is 4.39 Å². The van der Waals surface area contributed by atoms with Gasteiger partial charge in [0.15, 0.2) is 17.3 Å². The smallest absolute Gasteiger partial charge is 0.307 e. The molecule has 13 nitrogen and oxygen atoms in total. The summed E-state index contributed by atoms with van der Waals surface area (Å²) in [5.74, 6) is -3.68. The SMILES string of the molecule is COc1cc2c(OC)cnc(O[C@@H]3C[C@H]4C(=O)C[C@]5(C(=O)NS(=O)(=O)C6(C)CC6)C[C@H]5/C=C\CC[C@@H](C)C[C@@H](C)[C@H](CC(=O)OC(C)(C)C)C(=O)N4C3)c2cc1F. The minimum atomic E-state index is -3.99. The Morgan fingerprint density at radius 2 is 1.75 bits per heavy atom. The van der Waals surface area contributed by atoms with Gasteiger partial charge in [-0.2, -0.15) is 0 Å². The van der Waals surface area contributed by atoms with E-state index >= 15 is 4.39 Å². The van der Waals surface area contributed by atoms with Crippen molar-refractivity contribution in [3.05, 3.63) is 36.3 Å². The Bertz CT molecular complexity index is 2060. The molecule has 1 N–H and O–H groups in total. The predicted molar refractivity (Wildman–Crippen MR) is 209 cm³/mol. The highest BCUT2D eigenvalue weighted by Crippen LogP contribution is 2.58. The summed E-state index contributed by atoms with van der Waals surface area (Å²) in [4.78, 5) is 62.8. The number of carbonyl (C=O) groups is 4. The summed E-state index contributed by atoms with van der Waals surface area (Å²) >= 11 is 0. The van der Waals surface area contributed by atoms with Crippen molar-refractivity contribution >= 4 is 44.4 Å². The maximum atomic E-state index is 15.1. The van der Waals surface area contributed by atoms with Crippen molar-refractivity contribution in [1.82, 2.24) is 14.6 Å². The van der Waals surface area contributed by atoms with E-state index < -0.39 is 73.2 Å². The number of ether oxygens (including phenoxy) is 4. The molecule has 4 aliphatic rings. The van der Waals surface area contributed by atoms with Gasteiger partial charge in [-0.3, -0.25) is 23.9 Å². The van der Waals surface area contributed by atoms with Crippen molar-refractivity contribution in [2.45, 2.75) is 122 Å². The van der Waals surface area contributed by atoms with Gasteiger partial charge in [-0.25, -0.2) is 17.8 Å². The number of benzene rings is 1. The Labute approximate surface area is 334 Å². The third-order valence-corrected chi connectivity index (χ3v) is 14.3. The van der Waals surface area contributed by atoms with E-state index in [0.29, 0.717) is 36.8 Å². The minimum Gasteiger partial charge on any atom is -0.494 e. The van der Waals surface area contributed by atoms with E-state index in [9.17, 15) is 27.6 Å². The number of Topliss-reactive ketones (excluding diaryl/α,β-unsaturated/α-hetero) is 1. The van der Waals surface area contributed by atoms with Crippen LogP contribution in [0.1, 0.15) is 99.3 Å². The Morgan fingerprint density at radius 1 is 1.05 bits per heavy atom. The normalized spacial score (nSPS) is 29.6. The van der Waals surface area contributed by atoms with Gasteiger partial charge >= 0.3 is 5.97 Å². The highest BCUT2D eigenvalue weighted by Gasteiger charge is 2.62. The first kappa shape index (κ1) is 42.3. The van der Waals surface area contributed by atoms with Crippen molar-refractivity contribution in [3.8, 4) is 17.4 Å². The van der Waals surface area contributed by atoms with Gasteiger partial charge in [-0.1, -0.05) is 26.0 Å². The molecule has 6 rings (SSSR count). The van der Waals surface area contributed by atoms with Gasteiger partial charge in [0, 0.05) is 18.2 Å². The average Bonchev–Trinajstić information content (AvgIpc) is 4.01. The fourth-order valence-electron chi connectivity index (χ4n) is 8.41. The molecule has 2 saturated carbocycles. The van der Waals surface area contributed by atoms with Crippen molar-refractivity contribution in [1.29, 1.82) is 0 Å². The fourth-order valence-corrected chi connectivity index (χ4v) is 9.74. The fraction of sp³-hybridized carbons (Fsp3) is 0.643. The summed E-state index contributed by atoms with van der Waals surface area (Å²) < 4.78 is 65.6. The van der Waals surface area contributed by atoms with E-state index in [4.69, 9.17) is 18.9 Å². The third-order valence-electron chi connectivity index (χ3n) is 12.2. The molecule has 57 heavy (non-hydrogen) atoms. The Balaban J connectivity index is 1.37. The number of hydrogen-bond donors (Lipinski definition) is 1. The highest BCUT2D eigenvalue weighted by molar-refractivity contribution is 7.91. The van der Waals surface area contributed by atoms with Crippen molar-refractivity contribution in [2.75, 3.05) is 20.8 Å². The first-order valence-corrected chi connectivity index (χ1v) is 21.3. The zero-order chi connectivity index (χ0) is 41.7. The van der Waals surface area contributed by atoms with Gasteiger partial charge in [-0.05, 0) is 96.1 Å². The molecule has 0 spiro atoms. The number of halogens is 1. The number of rotatable bonds is 9. The third kappa shape index (κ3) is 8.92. The molecule has 0 radical (unpaired) electrons. The van der Waals surface area contributed by atoms with Crippen LogP contribution in [0.2, 0.25) is 0 Å². The number of aromatic nitrogens is 1. The molecular weight excluding hydrogens is 758 g/mol. The molecule has 0 unspecified atom stereocenters. The molecular formula is C42H56FN3O10S. The molecule has 1 aromatic carbocycles. The molecule has 3 fully saturated rings. The number of nitrogens with one attached hydrogen (secondary N) is 1. The Kier molecular flexibility index (Phi) is 11.8. The zero-order valence-electron chi connectivity index (χ0n) is 34.2. The van der Waals surface area contributed by atoms with Crippen LogP contribution in [0.5, 0.6) is 17.4 Å². The van der Waals surface area contributed by atoms with Gasteiger partial charge < -0.3 is 23.8 Å². The van der Waals surface area contributed by atoms with Crippen LogP contribution in [0.15, 0.2) is 30.5 Å². The van der Waals surface area contributed by atoms with Crippen LogP contribution in [-0.2, 0) is 33.9 Å². The molecule has 7 atom stereocenters. The molecule has 15 heteroatoms. The molecule has 1 saturated heterocycles. The number of esters is 1. The number of methoxy groups -OCH3 is 2. The lowest BCUT2D eigenvalue weighted by Crippen LogP contribution is -2.48. The summed E-state index contributed by atoms with van der Waals surface area (Å²) in [6, 6.07) is 1.62. The maximum absolute atomic E-state index is 15.1. The number of sulfonamides is 1. The largest absolute Gasteiger partial charge is 0.494 e. The second-order valence-corrected chi connectivity index (χ2v) is 20.1. The average molecular weight is 814 g/mol. The first-order valence-electron chi connectivity index (χ1n) is 19.9. The number of ketones is 1. The number of allylic oxidation sites excluding steroid dienone is 2. The lowest BCUT2D eigenvalue weighted by Gasteiger charge is -2.32. The number of hydrogen-bond acceptors (Lipinski definition) is 11. The second kappa shape index (κ2) is 15.8. The van der Waals surface area contributed by atoms with Crippen LogP contribution in [0.3, 0.4) is 0 Å². The van der Waals surface area contributed by atoms with Crippen LogP contribution < -0.4 is 18.9 Å². The summed E-state index contributed by atoms with van der Waals surface area (Å²) in [6.07, 6.45) is 7.27. The first-order chi connectivity index (χ1) is 26.7. The van der Waals surface area contributed by atoms with E-state index in [-0.39, 0.29) is 67.0 Å². The van der Waals surface area contributed by atoms with Crippen LogP contribution in [0.25, 0.3) is 10.8 Å². The monoisotopic (exact) mass is 813 g/mol. The number of nitrogens with zero attached hydrogens (tertiary/aromatic N) is 2. The molecule has 0 bridgehead atoms.